The van der Waals surface area contributed by atoms with Crippen LogP contribution in [0.1, 0.15) is 12.8 Å². The number of hydrogen-bond donors (Lipinski definition) is 0. The smallest absolute Gasteiger partial charge is 0.244 e. The molecule has 5 nitrogen and oxygen atoms in total. The second-order valence-corrected chi connectivity index (χ2v) is 7.41. The molecule has 0 aliphatic carbocycles. The van der Waals surface area contributed by atoms with Gasteiger partial charge >= 0.3 is 0 Å². The molecule has 0 bridgehead atoms. The molecule has 1 aliphatic heterocycles. The van der Waals surface area contributed by atoms with Crippen LogP contribution in [0.15, 0.2) is 21.6 Å². The maximum absolute atomic E-state index is 12.5. The van der Waals surface area contributed by atoms with Gasteiger partial charge in [0.25, 0.3) is 0 Å². The van der Waals surface area contributed by atoms with Crippen molar-refractivity contribution in [3.8, 4) is 0 Å². The average molecular weight is 370 g/mol. The number of pyridine rings is 1. The molecule has 2 rings (SSSR count). The van der Waals surface area contributed by atoms with Crippen molar-refractivity contribution >= 4 is 37.6 Å². The molecule has 1 aromatic heterocycles. The lowest BCUT2D eigenvalue weighted by Crippen LogP contribution is -2.38. The molecule has 1 aromatic rings. The summed E-state index contributed by atoms with van der Waals surface area (Å²) >= 11 is 8.97. The summed E-state index contributed by atoms with van der Waals surface area (Å²) in [5.74, 6) is 0. The normalized spacial score (nSPS) is 20.9. The number of nitrogens with zero attached hydrogens (tertiary/aromatic N) is 2. The van der Waals surface area contributed by atoms with Gasteiger partial charge in [-0.15, -0.1) is 0 Å². The van der Waals surface area contributed by atoms with Gasteiger partial charge in [-0.25, -0.2) is 13.4 Å². The van der Waals surface area contributed by atoms with Crippen LogP contribution in [-0.4, -0.2) is 44.0 Å². The zero-order valence-electron chi connectivity index (χ0n) is 10.3. The van der Waals surface area contributed by atoms with Crippen molar-refractivity contribution in [2.24, 2.45) is 0 Å². The summed E-state index contributed by atoms with van der Waals surface area (Å²) in [5, 5.41) is 0.244. The van der Waals surface area contributed by atoms with E-state index in [1.54, 1.807) is 7.11 Å². The molecule has 19 heavy (non-hydrogen) atoms. The van der Waals surface area contributed by atoms with E-state index >= 15 is 0 Å². The van der Waals surface area contributed by atoms with Gasteiger partial charge in [-0.1, -0.05) is 11.6 Å². The zero-order chi connectivity index (χ0) is 14.0. The molecule has 0 unspecified atom stereocenters. The summed E-state index contributed by atoms with van der Waals surface area (Å²) in [6, 6.07) is 1.37. The van der Waals surface area contributed by atoms with Gasteiger partial charge in [0.2, 0.25) is 10.0 Å². The highest BCUT2D eigenvalue weighted by molar-refractivity contribution is 9.10. The van der Waals surface area contributed by atoms with Crippen LogP contribution in [0.25, 0.3) is 0 Å². The molecule has 2 heterocycles. The molecule has 0 spiro atoms. The summed E-state index contributed by atoms with van der Waals surface area (Å²) in [7, 11) is -1.97. The predicted molar refractivity (Wildman–Crippen MR) is 75.7 cm³/mol. The first-order valence-electron chi connectivity index (χ1n) is 5.78. The largest absolute Gasteiger partial charge is 0.383 e. The van der Waals surface area contributed by atoms with Gasteiger partial charge in [0, 0.05) is 25.9 Å². The van der Waals surface area contributed by atoms with Crippen LogP contribution in [0.5, 0.6) is 0 Å². The molecule has 0 N–H and O–H groups in total. The fourth-order valence-electron chi connectivity index (χ4n) is 2.16. The first-order chi connectivity index (χ1) is 8.96. The number of sulfonamides is 1. The van der Waals surface area contributed by atoms with Gasteiger partial charge in [0.05, 0.1) is 11.1 Å². The van der Waals surface area contributed by atoms with E-state index in [9.17, 15) is 8.42 Å². The van der Waals surface area contributed by atoms with Crippen LogP contribution in [0.2, 0.25) is 5.15 Å². The Morgan fingerprint density at radius 3 is 3.00 bits per heavy atom. The lowest BCUT2D eigenvalue weighted by Gasteiger charge is -2.23. The Labute approximate surface area is 126 Å². The number of halogens is 2. The Balaban J connectivity index is 2.33. The summed E-state index contributed by atoms with van der Waals surface area (Å²) < 4.78 is 32.1. The first kappa shape index (κ1) is 15.2. The quantitative estimate of drug-likeness (QED) is 0.764. The molecule has 1 aliphatic rings. The Morgan fingerprint density at radius 1 is 1.63 bits per heavy atom. The van der Waals surface area contributed by atoms with Crippen LogP contribution >= 0.6 is 27.5 Å². The number of ether oxygens (including phenoxy) is 1. The molecule has 1 fully saturated rings. The number of aromatic nitrogens is 1. The van der Waals surface area contributed by atoms with Crippen molar-refractivity contribution in [3.05, 3.63) is 21.9 Å². The van der Waals surface area contributed by atoms with E-state index in [0.29, 0.717) is 17.6 Å². The van der Waals surface area contributed by atoms with Gasteiger partial charge in [0.15, 0.2) is 0 Å². The van der Waals surface area contributed by atoms with Gasteiger partial charge in [-0.2, -0.15) is 4.31 Å². The standard InChI is InChI=1S/C11H14BrClN2O3S/c1-18-7-8-3-2-4-15(8)19(16,17)9-5-10(12)11(13)14-6-9/h5-6,8H,2-4,7H2,1H3/t8-/m0/s1. The molecule has 1 saturated heterocycles. The highest BCUT2D eigenvalue weighted by atomic mass is 79.9. The van der Waals surface area contributed by atoms with E-state index in [0.717, 1.165) is 12.8 Å². The van der Waals surface area contributed by atoms with Crippen LogP contribution in [0, 0.1) is 0 Å². The third-order valence-electron chi connectivity index (χ3n) is 3.06. The Morgan fingerprint density at radius 2 is 2.37 bits per heavy atom. The summed E-state index contributed by atoms with van der Waals surface area (Å²) in [6.07, 6.45) is 2.94. The van der Waals surface area contributed by atoms with E-state index in [1.807, 2.05) is 0 Å². The van der Waals surface area contributed by atoms with Crippen molar-refractivity contribution in [1.29, 1.82) is 0 Å². The lowest BCUT2D eigenvalue weighted by atomic mass is 10.2. The molecule has 8 heteroatoms. The van der Waals surface area contributed by atoms with E-state index in [1.165, 1.54) is 16.6 Å². The van der Waals surface area contributed by atoms with Gasteiger partial charge in [0.1, 0.15) is 10.0 Å². The van der Waals surface area contributed by atoms with Crippen molar-refractivity contribution < 1.29 is 13.2 Å². The number of hydrogen-bond acceptors (Lipinski definition) is 4. The Hall–Kier alpha value is -0.210. The van der Waals surface area contributed by atoms with Gasteiger partial charge in [-0.05, 0) is 34.8 Å². The first-order valence-corrected chi connectivity index (χ1v) is 8.39. The maximum Gasteiger partial charge on any atom is 0.244 e. The molecule has 1 atom stereocenters. The molecular weight excluding hydrogens is 356 g/mol. The summed E-state index contributed by atoms with van der Waals surface area (Å²) in [5.41, 5.74) is 0. The highest BCUT2D eigenvalue weighted by Gasteiger charge is 2.35. The average Bonchev–Trinajstić information content (AvgIpc) is 2.82. The van der Waals surface area contributed by atoms with Crippen LogP contribution in [-0.2, 0) is 14.8 Å². The minimum atomic E-state index is -3.55. The topological polar surface area (TPSA) is 59.5 Å². The van der Waals surface area contributed by atoms with Gasteiger partial charge < -0.3 is 4.74 Å². The Kier molecular flexibility index (Phi) is 4.84. The monoisotopic (exact) mass is 368 g/mol. The molecule has 0 amide bonds. The van der Waals surface area contributed by atoms with E-state index in [2.05, 4.69) is 20.9 Å². The molecular formula is C11H14BrClN2O3S. The Bertz CT molecular complexity index is 567. The predicted octanol–water partition coefficient (Wildman–Crippen LogP) is 2.30. The minimum Gasteiger partial charge on any atom is -0.383 e. The lowest BCUT2D eigenvalue weighted by molar-refractivity contribution is 0.149. The van der Waals surface area contributed by atoms with Crippen LogP contribution < -0.4 is 0 Å². The summed E-state index contributed by atoms with van der Waals surface area (Å²) in [6.45, 7) is 0.915. The van der Waals surface area contributed by atoms with E-state index < -0.39 is 10.0 Å². The third kappa shape index (κ3) is 3.11. The molecule has 0 aromatic carbocycles. The van der Waals surface area contributed by atoms with E-state index in [-0.39, 0.29) is 16.1 Å². The number of rotatable bonds is 4. The van der Waals surface area contributed by atoms with Crippen molar-refractivity contribution in [2.75, 3.05) is 20.3 Å². The number of methoxy groups -OCH3 is 1. The minimum absolute atomic E-state index is 0.107. The fourth-order valence-corrected chi connectivity index (χ4v) is 4.42. The molecule has 0 saturated carbocycles. The fraction of sp³-hybridized carbons (Fsp3) is 0.545. The van der Waals surface area contributed by atoms with E-state index in [4.69, 9.17) is 16.3 Å². The molecule has 0 radical (unpaired) electrons. The third-order valence-corrected chi connectivity index (χ3v) is 6.11. The van der Waals surface area contributed by atoms with Gasteiger partial charge in [-0.3, -0.25) is 0 Å². The van der Waals surface area contributed by atoms with Crippen LogP contribution in [0.3, 0.4) is 0 Å². The van der Waals surface area contributed by atoms with Crippen LogP contribution in [0.4, 0.5) is 0 Å². The second-order valence-electron chi connectivity index (χ2n) is 4.31. The molecule has 106 valence electrons. The second kappa shape index (κ2) is 6.05. The highest BCUT2D eigenvalue weighted by Crippen LogP contribution is 2.29. The maximum atomic E-state index is 12.5. The SMILES string of the molecule is COC[C@@H]1CCCN1S(=O)(=O)c1cnc(Cl)c(Br)c1. The summed E-state index contributed by atoms with van der Waals surface area (Å²) in [4.78, 5) is 4.01. The van der Waals surface area contributed by atoms with Crippen molar-refractivity contribution in [3.63, 3.8) is 0 Å². The van der Waals surface area contributed by atoms with Crippen molar-refractivity contribution in [2.45, 2.75) is 23.8 Å². The zero-order valence-corrected chi connectivity index (χ0v) is 13.5. The van der Waals surface area contributed by atoms with Crippen molar-refractivity contribution in [1.82, 2.24) is 9.29 Å².